The standard InChI is InChI=1S/C11H12N6O4/c1-5-3-8-14-9(10(19)15-12)11(17(20)21)16(8)4-7(5)13-6(2)18/h3-4H,12H2,1-2H3,(H,13,18)(H,15,19). The van der Waals surface area contributed by atoms with Crippen molar-refractivity contribution < 1.29 is 14.5 Å². The number of nitrogens with two attached hydrogens (primary N) is 1. The Balaban J connectivity index is 2.75. The van der Waals surface area contributed by atoms with E-state index >= 15 is 0 Å². The highest BCUT2D eigenvalue weighted by Crippen LogP contribution is 2.25. The van der Waals surface area contributed by atoms with E-state index < -0.39 is 22.3 Å². The average Bonchev–Trinajstić information content (AvgIpc) is 2.76. The molecule has 4 N–H and O–H groups in total. The number of anilines is 1. The molecule has 2 aromatic rings. The maximum absolute atomic E-state index is 11.6. The summed E-state index contributed by atoms with van der Waals surface area (Å²) in [6, 6.07) is 1.52. The monoisotopic (exact) mass is 292 g/mol. The lowest BCUT2D eigenvalue weighted by molar-refractivity contribution is -0.390. The summed E-state index contributed by atoms with van der Waals surface area (Å²) in [5.74, 6) is 3.27. The first kappa shape index (κ1) is 14.4. The summed E-state index contributed by atoms with van der Waals surface area (Å²) in [4.78, 5) is 37.0. The molecular weight excluding hydrogens is 280 g/mol. The van der Waals surface area contributed by atoms with Gasteiger partial charge in [-0.25, -0.2) is 5.84 Å². The van der Waals surface area contributed by atoms with E-state index in [0.717, 1.165) is 4.40 Å². The predicted molar refractivity (Wildman–Crippen MR) is 72.5 cm³/mol. The molecule has 110 valence electrons. The average molecular weight is 292 g/mol. The molecule has 0 saturated carbocycles. The van der Waals surface area contributed by atoms with Crippen LogP contribution in [0.1, 0.15) is 23.0 Å². The zero-order chi connectivity index (χ0) is 15.7. The summed E-state index contributed by atoms with van der Waals surface area (Å²) in [5, 5.41) is 13.7. The van der Waals surface area contributed by atoms with Crippen molar-refractivity contribution in [3.63, 3.8) is 0 Å². The van der Waals surface area contributed by atoms with Gasteiger partial charge < -0.3 is 15.4 Å². The van der Waals surface area contributed by atoms with E-state index in [4.69, 9.17) is 5.84 Å². The van der Waals surface area contributed by atoms with Gasteiger partial charge in [0.1, 0.15) is 6.20 Å². The second-order valence-electron chi connectivity index (χ2n) is 4.29. The van der Waals surface area contributed by atoms with E-state index in [9.17, 15) is 19.7 Å². The smallest absolute Gasteiger partial charge is 0.358 e. The molecule has 0 radical (unpaired) electrons. The van der Waals surface area contributed by atoms with E-state index in [1.807, 2.05) is 5.43 Å². The van der Waals surface area contributed by atoms with Crippen LogP contribution in [0, 0.1) is 17.0 Å². The van der Waals surface area contributed by atoms with Crippen LogP contribution in [0.2, 0.25) is 0 Å². The van der Waals surface area contributed by atoms with Gasteiger partial charge in [0.05, 0.1) is 5.69 Å². The fraction of sp³-hybridized carbons (Fsp3) is 0.182. The first-order chi connectivity index (χ1) is 9.85. The molecule has 0 aromatic carbocycles. The number of nitrogens with zero attached hydrogens (tertiary/aromatic N) is 3. The minimum Gasteiger partial charge on any atom is -0.358 e. The van der Waals surface area contributed by atoms with Gasteiger partial charge in [-0.2, -0.15) is 9.38 Å². The van der Waals surface area contributed by atoms with Crippen molar-refractivity contribution in [3.8, 4) is 0 Å². The Morgan fingerprint density at radius 3 is 2.67 bits per heavy atom. The molecule has 0 unspecified atom stereocenters. The number of nitrogens with one attached hydrogen (secondary N) is 2. The summed E-state index contributed by atoms with van der Waals surface area (Å²) in [6.45, 7) is 3.02. The molecule has 0 saturated heterocycles. The molecule has 10 nitrogen and oxygen atoms in total. The fourth-order valence-corrected chi connectivity index (χ4v) is 1.89. The van der Waals surface area contributed by atoms with Gasteiger partial charge in [-0.15, -0.1) is 0 Å². The van der Waals surface area contributed by atoms with Gasteiger partial charge in [-0.05, 0) is 17.4 Å². The Labute approximate surface area is 118 Å². The number of hydrogen-bond acceptors (Lipinski definition) is 6. The van der Waals surface area contributed by atoms with E-state index in [1.54, 1.807) is 6.92 Å². The number of carbonyl (C=O) groups excluding carboxylic acids is 2. The maximum atomic E-state index is 11.6. The van der Waals surface area contributed by atoms with E-state index in [0.29, 0.717) is 11.3 Å². The van der Waals surface area contributed by atoms with Crippen molar-refractivity contribution in [1.29, 1.82) is 0 Å². The number of hydrazine groups is 1. The second kappa shape index (κ2) is 5.17. The van der Waals surface area contributed by atoms with Gasteiger partial charge in [0.15, 0.2) is 0 Å². The number of nitrogen functional groups attached to an aromatic ring is 1. The van der Waals surface area contributed by atoms with Gasteiger partial charge >= 0.3 is 5.82 Å². The lowest BCUT2D eigenvalue weighted by Gasteiger charge is -2.04. The number of aromatic nitrogens is 2. The van der Waals surface area contributed by atoms with Gasteiger partial charge in [-0.1, -0.05) is 0 Å². The van der Waals surface area contributed by atoms with Crippen LogP contribution in [0.3, 0.4) is 0 Å². The van der Waals surface area contributed by atoms with Crippen LogP contribution in [-0.4, -0.2) is 26.1 Å². The van der Waals surface area contributed by atoms with Crippen molar-refractivity contribution >= 4 is 29.0 Å². The molecule has 0 spiro atoms. The summed E-state index contributed by atoms with van der Waals surface area (Å²) in [5.41, 5.74) is 2.64. The number of pyridine rings is 1. The Morgan fingerprint density at radius 2 is 2.14 bits per heavy atom. The lowest BCUT2D eigenvalue weighted by atomic mass is 10.2. The minimum absolute atomic E-state index is 0.201. The van der Waals surface area contributed by atoms with Crippen molar-refractivity contribution in [2.75, 3.05) is 5.32 Å². The molecule has 0 atom stereocenters. The maximum Gasteiger partial charge on any atom is 0.361 e. The van der Waals surface area contributed by atoms with E-state index in [1.165, 1.54) is 19.2 Å². The highest BCUT2D eigenvalue weighted by molar-refractivity contribution is 5.96. The van der Waals surface area contributed by atoms with Crippen LogP contribution in [0.15, 0.2) is 12.3 Å². The SMILES string of the molecule is CC(=O)Nc1cn2c([N+](=O)[O-])c(C(=O)NN)nc2cc1C. The number of aryl methyl sites for hydroxylation is 1. The van der Waals surface area contributed by atoms with Gasteiger partial charge in [0.2, 0.25) is 17.2 Å². The van der Waals surface area contributed by atoms with Crippen LogP contribution in [0.4, 0.5) is 11.5 Å². The third kappa shape index (κ3) is 2.51. The van der Waals surface area contributed by atoms with Crippen molar-refractivity contribution in [2.24, 2.45) is 5.84 Å². The Morgan fingerprint density at radius 1 is 1.48 bits per heavy atom. The summed E-state index contributed by atoms with van der Waals surface area (Å²) in [6.07, 6.45) is 1.34. The van der Waals surface area contributed by atoms with Crippen molar-refractivity contribution in [2.45, 2.75) is 13.8 Å². The highest BCUT2D eigenvalue weighted by Gasteiger charge is 2.28. The van der Waals surface area contributed by atoms with Gasteiger partial charge in [-0.3, -0.25) is 15.0 Å². The molecule has 0 aliphatic carbocycles. The number of imidazole rings is 1. The number of carbonyl (C=O) groups is 2. The zero-order valence-corrected chi connectivity index (χ0v) is 11.2. The lowest BCUT2D eigenvalue weighted by Crippen LogP contribution is -2.30. The molecule has 10 heteroatoms. The first-order valence-electron chi connectivity index (χ1n) is 5.80. The van der Waals surface area contributed by atoms with Crippen LogP contribution in [-0.2, 0) is 4.79 Å². The number of amides is 2. The molecule has 2 aromatic heterocycles. The fourth-order valence-electron chi connectivity index (χ4n) is 1.89. The molecule has 2 heterocycles. The molecule has 2 rings (SSSR count). The molecular formula is C11H12N6O4. The van der Waals surface area contributed by atoms with Crippen LogP contribution in [0.25, 0.3) is 5.65 Å². The Bertz CT molecular complexity index is 766. The molecule has 0 aliphatic rings. The van der Waals surface area contributed by atoms with Gasteiger partial charge in [0.25, 0.3) is 5.91 Å². The predicted octanol–water partition coefficient (Wildman–Crippen LogP) is 0.113. The number of hydrogen-bond donors (Lipinski definition) is 3. The number of nitro groups is 1. The summed E-state index contributed by atoms with van der Waals surface area (Å²) >= 11 is 0. The highest BCUT2D eigenvalue weighted by atomic mass is 16.6. The van der Waals surface area contributed by atoms with Crippen molar-refractivity contribution in [1.82, 2.24) is 14.8 Å². The minimum atomic E-state index is -0.871. The third-order valence-corrected chi connectivity index (χ3v) is 2.77. The molecule has 0 fully saturated rings. The third-order valence-electron chi connectivity index (χ3n) is 2.77. The molecule has 2 amide bonds. The summed E-state index contributed by atoms with van der Waals surface area (Å²) in [7, 11) is 0. The summed E-state index contributed by atoms with van der Waals surface area (Å²) < 4.78 is 1.11. The Hall–Kier alpha value is -3.01. The topological polar surface area (TPSA) is 145 Å². The van der Waals surface area contributed by atoms with Crippen LogP contribution >= 0.6 is 0 Å². The van der Waals surface area contributed by atoms with Crippen molar-refractivity contribution in [3.05, 3.63) is 33.6 Å². The Kier molecular flexibility index (Phi) is 3.54. The van der Waals surface area contributed by atoms with Crippen LogP contribution < -0.4 is 16.6 Å². The largest absolute Gasteiger partial charge is 0.361 e. The quantitative estimate of drug-likeness (QED) is 0.317. The van der Waals surface area contributed by atoms with E-state index in [-0.39, 0.29) is 11.6 Å². The zero-order valence-electron chi connectivity index (χ0n) is 11.2. The van der Waals surface area contributed by atoms with Gasteiger partial charge in [0, 0.05) is 13.0 Å². The normalized spacial score (nSPS) is 10.4. The molecule has 0 bridgehead atoms. The van der Waals surface area contributed by atoms with E-state index in [2.05, 4.69) is 10.3 Å². The first-order valence-corrected chi connectivity index (χ1v) is 5.80. The number of rotatable bonds is 3. The second-order valence-corrected chi connectivity index (χ2v) is 4.29. The number of fused-ring (bicyclic) bond motifs is 1. The molecule has 21 heavy (non-hydrogen) atoms. The molecule has 0 aliphatic heterocycles. The van der Waals surface area contributed by atoms with Crippen LogP contribution in [0.5, 0.6) is 0 Å².